The minimum atomic E-state index is -0.886. The van der Waals surface area contributed by atoms with Crippen molar-refractivity contribution in [1.82, 2.24) is 5.32 Å². The maximum atomic E-state index is 11.8. The molecule has 0 heterocycles. The zero-order valence-corrected chi connectivity index (χ0v) is 12.5. The van der Waals surface area contributed by atoms with Crippen LogP contribution in [0.2, 0.25) is 0 Å². The van der Waals surface area contributed by atoms with Crippen molar-refractivity contribution in [3.63, 3.8) is 0 Å². The molecule has 114 valence electrons. The monoisotopic (exact) mass is 290 g/mol. The Kier molecular flexibility index (Phi) is 4.83. The number of fused-ring (bicyclic) bond motifs is 1. The van der Waals surface area contributed by atoms with E-state index in [0.717, 1.165) is 18.5 Å². The molecule has 2 amide bonds. The third kappa shape index (κ3) is 3.97. The molecule has 0 spiro atoms. The van der Waals surface area contributed by atoms with Gasteiger partial charge >= 0.3 is 12.0 Å². The highest BCUT2D eigenvalue weighted by molar-refractivity contribution is 5.89. The third-order valence-electron chi connectivity index (χ3n) is 3.96. The second-order valence-electron chi connectivity index (χ2n) is 5.86. The van der Waals surface area contributed by atoms with Gasteiger partial charge in [0.25, 0.3) is 0 Å². The first kappa shape index (κ1) is 15.4. The molecule has 5 nitrogen and oxygen atoms in total. The molecule has 2 rings (SSSR count). The van der Waals surface area contributed by atoms with Gasteiger partial charge in [-0.05, 0) is 48.4 Å². The number of amides is 2. The summed E-state index contributed by atoms with van der Waals surface area (Å²) < 4.78 is 0. The van der Waals surface area contributed by atoms with Crippen molar-refractivity contribution in [1.29, 1.82) is 0 Å². The van der Waals surface area contributed by atoms with Gasteiger partial charge in [0.2, 0.25) is 0 Å². The summed E-state index contributed by atoms with van der Waals surface area (Å²) in [5.74, 6) is -1.48. The largest absolute Gasteiger partial charge is 0.481 e. The summed E-state index contributed by atoms with van der Waals surface area (Å²) in [6.07, 6.45) is 3.33. The van der Waals surface area contributed by atoms with Crippen LogP contribution < -0.4 is 10.6 Å². The molecule has 1 aliphatic carbocycles. The summed E-state index contributed by atoms with van der Waals surface area (Å²) >= 11 is 0. The molecule has 1 aromatic rings. The Bertz CT molecular complexity index is 540. The molecule has 0 radical (unpaired) electrons. The molecule has 1 atom stereocenters. The van der Waals surface area contributed by atoms with E-state index in [9.17, 15) is 9.59 Å². The van der Waals surface area contributed by atoms with Crippen molar-refractivity contribution in [3.8, 4) is 0 Å². The van der Waals surface area contributed by atoms with E-state index < -0.39 is 11.9 Å². The summed E-state index contributed by atoms with van der Waals surface area (Å²) in [5, 5.41) is 14.5. The van der Waals surface area contributed by atoms with Crippen molar-refractivity contribution in [2.24, 2.45) is 11.8 Å². The Morgan fingerprint density at radius 1 is 1.24 bits per heavy atom. The zero-order chi connectivity index (χ0) is 15.4. The van der Waals surface area contributed by atoms with E-state index in [1.165, 1.54) is 17.5 Å². The molecule has 0 saturated heterocycles. The fourth-order valence-electron chi connectivity index (χ4n) is 2.64. The fourth-order valence-corrected chi connectivity index (χ4v) is 2.64. The molecule has 0 fully saturated rings. The van der Waals surface area contributed by atoms with Crippen LogP contribution in [0.25, 0.3) is 0 Å². The van der Waals surface area contributed by atoms with Crippen LogP contribution in [0.3, 0.4) is 0 Å². The molecule has 0 saturated carbocycles. The van der Waals surface area contributed by atoms with Crippen molar-refractivity contribution in [3.05, 3.63) is 29.3 Å². The van der Waals surface area contributed by atoms with E-state index >= 15 is 0 Å². The van der Waals surface area contributed by atoms with Gasteiger partial charge < -0.3 is 15.7 Å². The van der Waals surface area contributed by atoms with Crippen LogP contribution in [0.15, 0.2) is 18.2 Å². The highest BCUT2D eigenvalue weighted by Gasteiger charge is 2.22. The SMILES string of the molecule is CC(C)C(CNC(=O)Nc1ccc2c(c1)CCC2)C(=O)O. The summed E-state index contributed by atoms with van der Waals surface area (Å²) in [4.78, 5) is 22.9. The van der Waals surface area contributed by atoms with Gasteiger partial charge in [-0.15, -0.1) is 0 Å². The second-order valence-corrected chi connectivity index (χ2v) is 5.86. The van der Waals surface area contributed by atoms with Gasteiger partial charge in [-0.3, -0.25) is 4.79 Å². The Hall–Kier alpha value is -2.04. The molecule has 0 bridgehead atoms. The Morgan fingerprint density at radius 2 is 1.95 bits per heavy atom. The maximum absolute atomic E-state index is 11.8. The Balaban J connectivity index is 1.88. The number of hydrogen-bond donors (Lipinski definition) is 3. The highest BCUT2D eigenvalue weighted by atomic mass is 16.4. The van der Waals surface area contributed by atoms with Crippen LogP contribution in [-0.4, -0.2) is 23.7 Å². The minimum Gasteiger partial charge on any atom is -0.481 e. The number of carbonyl (C=O) groups excluding carboxylic acids is 1. The number of anilines is 1. The van der Waals surface area contributed by atoms with Gasteiger partial charge in [0.05, 0.1) is 5.92 Å². The van der Waals surface area contributed by atoms with E-state index in [1.54, 1.807) is 0 Å². The summed E-state index contributed by atoms with van der Waals surface area (Å²) in [5.41, 5.74) is 3.40. The standard InChI is InChI=1S/C16H22N2O3/c1-10(2)14(15(19)20)9-17-16(21)18-13-7-6-11-4-3-5-12(11)8-13/h6-8,10,14H,3-5,9H2,1-2H3,(H,19,20)(H2,17,18,21). The number of aliphatic carboxylic acids is 1. The van der Waals surface area contributed by atoms with Crippen LogP contribution >= 0.6 is 0 Å². The number of hydrogen-bond acceptors (Lipinski definition) is 2. The van der Waals surface area contributed by atoms with E-state index in [4.69, 9.17) is 5.11 Å². The van der Waals surface area contributed by atoms with Gasteiger partial charge in [0, 0.05) is 12.2 Å². The molecule has 3 N–H and O–H groups in total. The topological polar surface area (TPSA) is 78.4 Å². The molecule has 0 aromatic heterocycles. The van der Waals surface area contributed by atoms with E-state index in [0.29, 0.717) is 0 Å². The predicted octanol–water partition coefficient (Wildman–Crippen LogP) is 2.65. The molecule has 1 aromatic carbocycles. The molecule has 1 aliphatic rings. The van der Waals surface area contributed by atoms with Gasteiger partial charge in [0.15, 0.2) is 0 Å². The first-order chi connectivity index (χ1) is 9.97. The number of carboxylic acid groups (broad SMARTS) is 1. The quantitative estimate of drug-likeness (QED) is 0.780. The smallest absolute Gasteiger partial charge is 0.319 e. The van der Waals surface area contributed by atoms with Crippen molar-refractivity contribution in [2.45, 2.75) is 33.1 Å². The molecule has 0 aliphatic heterocycles. The lowest BCUT2D eigenvalue weighted by atomic mass is 9.96. The van der Waals surface area contributed by atoms with Crippen LogP contribution in [0.1, 0.15) is 31.4 Å². The summed E-state index contributed by atoms with van der Waals surface area (Å²) in [7, 11) is 0. The van der Waals surface area contributed by atoms with Crippen molar-refractivity contribution in [2.75, 3.05) is 11.9 Å². The van der Waals surface area contributed by atoms with Crippen LogP contribution in [0, 0.1) is 11.8 Å². The van der Waals surface area contributed by atoms with E-state index in [1.807, 2.05) is 32.0 Å². The first-order valence-electron chi connectivity index (χ1n) is 7.37. The summed E-state index contributed by atoms with van der Waals surface area (Å²) in [6, 6.07) is 5.58. The van der Waals surface area contributed by atoms with E-state index in [-0.39, 0.29) is 18.5 Å². The highest BCUT2D eigenvalue weighted by Crippen LogP contribution is 2.24. The lowest BCUT2D eigenvalue weighted by Gasteiger charge is -2.17. The van der Waals surface area contributed by atoms with Gasteiger partial charge in [-0.1, -0.05) is 19.9 Å². The van der Waals surface area contributed by atoms with Crippen molar-refractivity contribution < 1.29 is 14.7 Å². The van der Waals surface area contributed by atoms with Crippen LogP contribution in [0.5, 0.6) is 0 Å². The maximum Gasteiger partial charge on any atom is 0.319 e. The minimum absolute atomic E-state index is 0.0252. The van der Waals surface area contributed by atoms with Gasteiger partial charge in [-0.25, -0.2) is 4.79 Å². The van der Waals surface area contributed by atoms with E-state index in [2.05, 4.69) is 10.6 Å². The number of benzene rings is 1. The third-order valence-corrected chi connectivity index (χ3v) is 3.96. The Labute approximate surface area is 124 Å². The van der Waals surface area contributed by atoms with Crippen molar-refractivity contribution >= 4 is 17.7 Å². The predicted molar refractivity (Wildman–Crippen MR) is 81.5 cm³/mol. The normalized spacial score (nSPS) is 14.6. The lowest BCUT2D eigenvalue weighted by Crippen LogP contribution is -2.37. The van der Waals surface area contributed by atoms with Crippen LogP contribution in [-0.2, 0) is 17.6 Å². The molecule has 1 unspecified atom stereocenters. The number of rotatable bonds is 5. The zero-order valence-electron chi connectivity index (χ0n) is 12.5. The Morgan fingerprint density at radius 3 is 2.62 bits per heavy atom. The summed E-state index contributed by atoms with van der Waals surface area (Å²) in [6.45, 7) is 3.79. The molecule has 21 heavy (non-hydrogen) atoms. The molecular formula is C16H22N2O3. The lowest BCUT2D eigenvalue weighted by molar-refractivity contribution is -0.142. The average Bonchev–Trinajstić information content (AvgIpc) is 2.85. The average molecular weight is 290 g/mol. The fraction of sp³-hybridized carbons (Fsp3) is 0.500. The molecule has 5 heteroatoms. The van der Waals surface area contributed by atoms with Crippen LogP contribution in [0.4, 0.5) is 10.5 Å². The first-order valence-corrected chi connectivity index (χ1v) is 7.37. The number of aryl methyl sites for hydroxylation is 2. The number of carbonyl (C=O) groups is 2. The molecular weight excluding hydrogens is 268 g/mol. The number of nitrogens with one attached hydrogen (secondary N) is 2. The van der Waals surface area contributed by atoms with Gasteiger partial charge in [0.1, 0.15) is 0 Å². The number of carboxylic acids is 1. The second kappa shape index (κ2) is 6.61. The van der Waals surface area contributed by atoms with Gasteiger partial charge in [-0.2, -0.15) is 0 Å². The number of urea groups is 1.